The molecule has 2 N–H and O–H groups in total. The molecule has 0 amide bonds. The molecular weight excluding hydrogens is 190 g/mol. The molecule has 3 nitrogen and oxygen atoms in total. The zero-order chi connectivity index (χ0) is 11.3. The van der Waals surface area contributed by atoms with Gasteiger partial charge < -0.3 is 10.4 Å². The van der Waals surface area contributed by atoms with Crippen LogP contribution in [0.2, 0.25) is 0 Å². The predicted octanol–water partition coefficient (Wildman–Crippen LogP) is 1.26. The summed E-state index contributed by atoms with van der Waals surface area (Å²) in [5, 5.41) is 11.7. The third-order valence-electron chi connectivity index (χ3n) is 1.97. The smallest absolute Gasteiger partial charge is 0.335 e. The topological polar surface area (TPSA) is 49.3 Å². The number of benzene rings is 1. The molecule has 0 aliphatic rings. The summed E-state index contributed by atoms with van der Waals surface area (Å²) in [6, 6.07) is 4.95. The lowest BCUT2D eigenvalue weighted by Gasteiger charge is -1.99. The minimum absolute atomic E-state index is 0.273. The van der Waals surface area contributed by atoms with E-state index in [-0.39, 0.29) is 5.56 Å². The Hall–Kier alpha value is -1.79. The van der Waals surface area contributed by atoms with Gasteiger partial charge in [-0.1, -0.05) is 17.9 Å². The third-order valence-corrected chi connectivity index (χ3v) is 1.97. The predicted molar refractivity (Wildman–Crippen MR) is 58.9 cm³/mol. The zero-order valence-electron chi connectivity index (χ0n) is 8.79. The largest absolute Gasteiger partial charge is 0.478 e. The number of aryl methyl sites for hydroxylation is 1. The van der Waals surface area contributed by atoms with Crippen molar-refractivity contribution < 1.29 is 9.90 Å². The number of carboxylic acids is 1. The van der Waals surface area contributed by atoms with E-state index in [2.05, 4.69) is 17.2 Å². The Morgan fingerprint density at radius 3 is 2.87 bits per heavy atom. The number of hydrogen-bond donors (Lipinski definition) is 2. The molecule has 0 fully saturated rings. The summed E-state index contributed by atoms with van der Waals surface area (Å²) in [5.41, 5.74) is 2.03. The standard InChI is InChI=1S/C12H13NO2/c1-9-5-6-11(12(14)15)8-10(9)4-3-7-13-2/h5-6,8,13H,7H2,1-2H3,(H,14,15). The number of rotatable bonds is 2. The van der Waals surface area contributed by atoms with Crippen LogP contribution in [-0.4, -0.2) is 24.7 Å². The van der Waals surface area contributed by atoms with Crippen molar-refractivity contribution >= 4 is 5.97 Å². The zero-order valence-corrected chi connectivity index (χ0v) is 8.79. The summed E-state index contributed by atoms with van der Waals surface area (Å²) in [7, 11) is 1.81. The second-order valence-electron chi connectivity index (χ2n) is 3.17. The van der Waals surface area contributed by atoms with E-state index < -0.39 is 5.97 Å². The average Bonchev–Trinajstić information content (AvgIpc) is 2.20. The summed E-state index contributed by atoms with van der Waals surface area (Å²) in [6.45, 7) is 2.51. The highest BCUT2D eigenvalue weighted by Gasteiger charge is 2.03. The second-order valence-corrected chi connectivity index (χ2v) is 3.17. The summed E-state index contributed by atoms with van der Waals surface area (Å²) < 4.78 is 0. The molecule has 0 bridgehead atoms. The Kier molecular flexibility index (Phi) is 3.90. The van der Waals surface area contributed by atoms with Crippen LogP contribution in [0.15, 0.2) is 18.2 Å². The molecule has 0 aliphatic heterocycles. The summed E-state index contributed by atoms with van der Waals surface area (Å²) in [5.74, 6) is 4.91. The first kappa shape index (κ1) is 11.3. The highest BCUT2D eigenvalue weighted by atomic mass is 16.4. The van der Waals surface area contributed by atoms with Gasteiger partial charge >= 0.3 is 5.97 Å². The average molecular weight is 203 g/mol. The first-order valence-electron chi connectivity index (χ1n) is 4.62. The van der Waals surface area contributed by atoms with Crippen molar-refractivity contribution in [2.45, 2.75) is 6.92 Å². The van der Waals surface area contributed by atoms with Gasteiger partial charge in [-0.05, 0) is 31.7 Å². The summed E-state index contributed by atoms with van der Waals surface area (Å²) in [6.07, 6.45) is 0. The van der Waals surface area contributed by atoms with Gasteiger partial charge in [-0.25, -0.2) is 4.79 Å². The Morgan fingerprint density at radius 2 is 2.27 bits per heavy atom. The molecule has 0 atom stereocenters. The summed E-state index contributed by atoms with van der Waals surface area (Å²) >= 11 is 0. The molecule has 0 aliphatic carbocycles. The van der Waals surface area contributed by atoms with Crippen LogP contribution in [0.5, 0.6) is 0 Å². The molecule has 15 heavy (non-hydrogen) atoms. The van der Waals surface area contributed by atoms with E-state index in [4.69, 9.17) is 5.11 Å². The van der Waals surface area contributed by atoms with Gasteiger partial charge in [-0.3, -0.25) is 0 Å². The van der Waals surface area contributed by atoms with E-state index >= 15 is 0 Å². The van der Waals surface area contributed by atoms with Crippen LogP contribution >= 0.6 is 0 Å². The van der Waals surface area contributed by atoms with Crippen LogP contribution in [-0.2, 0) is 0 Å². The number of carbonyl (C=O) groups is 1. The van der Waals surface area contributed by atoms with Crippen molar-refractivity contribution in [3.63, 3.8) is 0 Å². The first-order valence-corrected chi connectivity index (χ1v) is 4.62. The quantitative estimate of drug-likeness (QED) is 0.711. The lowest BCUT2D eigenvalue weighted by atomic mass is 10.1. The molecule has 3 heteroatoms. The Balaban J connectivity index is 3.02. The number of hydrogen-bond acceptors (Lipinski definition) is 2. The van der Waals surface area contributed by atoms with Crippen molar-refractivity contribution in [2.24, 2.45) is 0 Å². The van der Waals surface area contributed by atoms with E-state index in [9.17, 15) is 4.79 Å². The molecule has 0 aromatic heterocycles. The highest BCUT2D eigenvalue weighted by Crippen LogP contribution is 2.09. The maximum absolute atomic E-state index is 10.7. The van der Waals surface area contributed by atoms with Gasteiger partial charge in [0.2, 0.25) is 0 Å². The minimum atomic E-state index is -0.924. The van der Waals surface area contributed by atoms with Gasteiger partial charge in [0.15, 0.2) is 0 Å². The van der Waals surface area contributed by atoms with Crippen LogP contribution in [0.4, 0.5) is 0 Å². The van der Waals surface area contributed by atoms with E-state index in [0.29, 0.717) is 6.54 Å². The fraction of sp³-hybridized carbons (Fsp3) is 0.250. The lowest BCUT2D eigenvalue weighted by molar-refractivity contribution is 0.0697. The monoisotopic (exact) mass is 203 g/mol. The van der Waals surface area contributed by atoms with E-state index in [1.807, 2.05) is 14.0 Å². The number of carboxylic acid groups (broad SMARTS) is 1. The SMILES string of the molecule is CNCC#Cc1cc(C(=O)O)ccc1C. The molecule has 78 valence electrons. The lowest BCUT2D eigenvalue weighted by Crippen LogP contribution is -2.04. The summed E-state index contributed by atoms with van der Waals surface area (Å²) in [4.78, 5) is 10.7. The molecule has 1 aromatic carbocycles. The van der Waals surface area contributed by atoms with Gasteiger partial charge in [-0.15, -0.1) is 0 Å². The molecule has 1 rings (SSSR count). The molecular formula is C12H13NO2. The molecule has 0 unspecified atom stereocenters. The maximum Gasteiger partial charge on any atom is 0.335 e. The molecule has 0 saturated heterocycles. The normalized spacial score (nSPS) is 9.20. The Bertz CT molecular complexity index is 427. The number of nitrogens with one attached hydrogen (secondary N) is 1. The van der Waals surface area contributed by atoms with Gasteiger partial charge in [0.25, 0.3) is 0 Å². The Morgan fingerprint density at radius 1 is 1.53 bits per heavy atom. The van der Waals surface area contributed by atoms with Crippen molar-refractivity contribution in [3.8, 4) is 11.8 Å². The van der Waals surface area contributed by atoms with Crippen molar-refractivity contribution in [3.05, 3.63) is 34.9 Å². The molecule has 1 aromatic rings. The maximum atomic E-state index is 10.7. The van der Waals surface area contributed by atoms with Crippen LogP contribution in [0, 0.1) is 18.8 Å². The van der Waals surface area contributed by atoms with Crippen LogP contribution in [0.3, 0.4) is 0 Å². The fourth-order valence-corrected chi connectivity index (χ4v) is 1.12. The molecule has 0 radical (unpaired) electrons. The molecule has 0 heterocycles. The van der Waals surface area contributed by atoms with E-state index in [1.165, 1.54) is 0 Å². The van der Waals surface area contributed by atoms with Gasteiger partial charge in [0, 0.05) is 5.56 Å². The highest BCUT2D eigenvalue weighted by molar-refractivity contribution is 5.88. The van der Waals surface area contributed by atoms with Crippen molar-refractivity contribution in [2.75, 3.05) is 13.6 Å². The fourth-order valence-electron chi connectivity index (χ4n) is 1.12. The van der Waals surface area contributed by atoms with Crippen molar-refractivity contribution in [1.29, 1.82) is 0 Å². The first-order chi connectivity index (χ1) is 7.15. The minimum Gasteiger partial charge on any atom is -0.478 e. The van der Waals surface area contributed by atoms with Crippen LogP contribution in [0.25, 0.3) is 0 Å². The van der Waals surface area contributed by atoms with E-state index in [1.54, 1.807) is 18.2 Å². The third kappa shape index (κ3) is 3.12. The van der Waals surface area contributed by atoms with E-state index in [0.717, 1.165) is 11.1 Å². The van der Waals surface area contributed by atoms with Gasteiger partial charge in [0.05, 0.1) is 12.1 Å². The number of aromatic carboxylic acids is 1. The van der Waals surface area contributed by atoms with Crippen molar-refractivity contribution in [1.82, 2.24) is 5.32 Å². The van der Waals surface area contributed by atoms with Crippen LogP contribution in [0.1, 0.15) is 21.5 Å². The van der Waals surface area contributed by atoms with Crippen LogP contribution < -0.4 is 5.32 Å². The molecule has 0 spiro atoms. The second kappa shape index (κ2) is 5.18. The molecule has 0 saturated carbocycles. The Labute approximate surface area is 89.1 Å². The van der Waals surface area contributed by atoms with Gasteiger partial charge in [0.1, 0.15) is 0 Å². The van der Waals surface area contributed by atoms with Gasteiger partial charge in [-0.2, -0.15) is 0 Å².